The summed E-state index contributed by atoms with van der Waals surface area (Å²) in [6, 6.07) is 7.05. The van der Waals surface area contributed by atoms with Crippen LogP contribution in [0.5, 0.6) is 0 Å². The van der Waals surface area contributed by atoms with Gasteiger partial charge in [-0.05, 0) is 52.9 Å². The van der Waals surface area contributed by atoms with Crippen LogP contribution < -0.4 is 5.32 Å². The minimum Gasteiger partial charge on any atom is -0.419 e. The number of carbonyl (C=O) groups excluding carboxylic acids is 1. The predicted molar refractivity (Wildman–Crippen MR) is 93.7 cm³/mol. The predicted octanol–water partition coefficient (Wildman–Crippen LogP) is 3.30. The van der Waals surface area contributed by atoms with Crippen LogP contribution >= 0.6 is 11.6 Å². The molecule has 1 atom stereocenters. The lowest BCUT2D eigenvalue weighted by molar-refractivity contribution is -0.123. The molecule has 6 nitrogen and oxygen atoms in total. The van der Waals surface area contributed by atoms with Crippen molar-refractivity contribution < 1.29 is 9.21 Å². The molecule has 2 rings (SSSR count). The molecule has 1 N–H and O–H groups in total. The van der Waals surface area contributed by atoms with Crippen molar-refractivity contribution in [3.05, 3.63) is 35.2 Å². The number of likely N-dealkylation sites (N-methyl/N-ethyl adjacent to an activating group) is 1. The Balaban J connectivity index is 2.05. The Morgan fingerprint density at radius 1 is 1.38 bits per heavy atom. The lowest BCUT2D eigenvalue weighted by Crippen LogP contribution is -2.45. The highest BCUT2D eigenvalue weighted by Crippen LogP contribution is 2.24. The number of halogens is 1. The Kier molecular flexibility index (Phi) is 5.62. The van der Waals surface area contributed by atoms with Gasteiger partial charge in [0.05, 0.1) is 12.6 Å². The standard InChI is InChI=1S/C17H23ClN4O2/c1-11(22(5)10-14(23)19-17(2,3)4)15-20-21-16(24-15)12-7-6-8-13(18)9-12/h6-9,11H,10H2,1-5H3,(H,19,23)/t11-/m1/s1. The highest BCUT2D eigenvalue weighted by molar-refractivity contribution is 6.30. The molecule has 0 saturated heterocycles. The lowest BCUT2D eigenvalue weighted by Gasteiger charge is -2.25. The maximum atomic E-state index is 12.0. The first-order valence-electron chi connectivity index (χ1n) is 7.76. The number of aromatic nitrogens is 2. The zero-order valence-corrected chi connectivity index (χ0v) is 15.4. The second kappa shape index (κ2) is 7.32. The van der Waals surface area contributed by atoms with E-state index < -0.39 is 0 Å². The van der Waals surface area contributed by atoms with E-state index in [9.17, 15) is 4.79 Å². The largest absolute Gasteiger partial charge is 0.419 e. The summed E-state index contributed by atoms with van der Waals surface area (Å²) in [6.07, 6.45) is 0. The Labute approximate surface area is 147 Å². The number of benzene rings is 1. The molecule has 0 aliphatic rings. The fourth-order valence-corrected chi connectivity index (χ4v) is 2.34. The van der Waals surface area contributed by atoms with Gasteiger partial charge >= 0.3 is 0 Å². The smallest absolute Gasteiger partial charge is 0.247 e. The van der Waals surface area contributed by atoms with Crippen LogP contribution in [0.1, 0.15) is 39.6 Å². The average Bonchev–Trinajstić information content (AvgIpc) is 2.94. The van der Waals surface area contributed by atoms with E-state index in [-0.39, 0.29) is 24.0 Å². The summed E-state index contributed by atoms with van der Waals surface area (Å²) in [6.45, 7) is 8.00. The minimum absolute atomic E-state index is 0.0496. The molecule has 0 saturated carbocycles. The molecular formula is C17H23ClN4O2. The van der Waals surface area contributed by atoms with Crippen molar-refractivity contribution in [2.45, 2.75) is 39.3 Å². The summed E-state index contributed by atoms with van der Waals surface area (Å²) in [5, 5.41) is 11.7. The van der Waals surface area contributed by atoms with Crippen LogP contribution in [0.25, 0.3) is 11.5 Å². The van der Waals surface area contributed by atoms with E-state index in [1.807, 2.05) is 51.8 Å². The number of hydrogen-bond acceptors (Lipinski definition) is 5. The minimum atomic E-state index is -0.259. The number of amides is 1. The van der Waals surface area contributed by atoms with Crippen LogP contribution in [0.15, 0.2) is 28.7 Å². The van der Waals surface area contributed by atoms with Crippen LogP contribution in [-0.2, 0) is 4.79 Å². The van der Waals surface area contributed by atoms with Crippen molar-refractivity contribution in [1.29, 1.82) is 0 Å². The van der Waals surface area contributed by atoms with E-state index in [2.05, 4.69) is 15.5 Å². The molecule has 1 aromatic heterocycles. The molecule has 7 heteroatoms. The van der Waals surface area contributed by atoms with Gasteiger partial charge in [-0.2, -0.15) is 0 Å². The van der Waals surface area contributed by atoms with Crippen LogP contribution in [0, 0.1) is 0 Å². The third kappa shape index (κ3) is 5.04. The van der Waals surface area contributed by atoms with Crippen molar-refractivity contribution in [2.75, 3.05) is 13.6 Å². The van der Waals surface area contributed by atoms with Gasteiger partial charge < -0.3 is 9.73 Å². The van der Waals surface area contributed by atoms with Gasteiger partial charge in [0.25, 0.3) is 0 Å². The Hall–Kier alpha value is -1.92. The molecule has 130 valence electrons. The number of nitrogens with zero attached hydrogens (tertiary/aromatic N) is 3. The van der Waals surface area contributed by atoms with Gasteiger partial charge in [-0.15, -0.1) is 10.2 Å². The highest BCUT2D eigenvalue weighted by Gasteiger charge is 2.22. The van der Waals surface area contributed by atoms with E-state index in [4.69, 9.17) is 16.0 Å². The SMILES string of the molecule is C[C@H](c1nnc(-c2cccc(Cl)c2)o1)N(C)CC(=O)NC(C)(C)C. The molecule has 1 aromatic carbocycles. The lowest BCUT2D eigenvalue weighted by atomic mass is 10.1. The number of hydrogen-bond donors (Lipinski definition) is 1. The first kappa shape index (κ1) is 18.4. The van der Waals surface area contributed by atoms with Crippen LogP contribution in [-0.4, -0.2) is 40.1 Å². The summed E-state index contributed by atoms with van der Waals surface area (Å²) in [7, 11) is 1.84. The van der Waals surface area contributed by atoms with Gasteiger partial charge in [-0.1, -0.05) is 17.7 Å². The summed E-state index contributed by atoms with van der Waals surface area (Å²) in [5.74, 6) is 0.814. The summed E-state index contributed by atoms with van der Waals surface area (Å²) >= 11 is 5.98. The first-order valence-corrected chi connectivity index (χ1v) is 8.14. The van der Waals surface area contributed by atoms with Crippen molar-refractivity contribution in [3.8, 4) is 11.5 Å². The van der Waals surface area contributed by atoms with E-state index >= 15 is 0 Å². The van der Waals surface area contributed by atoms with Crippen LogP contribution in [0.4, 0.5) is 0 Å². The third-order valence-electron chi connectivity index (χ3n) is 3.44. The molecule has 0 fully saturated rings. The fraction of sp³-hybridized carbons (Fsp3) is 0.471. The van der Waals surface area contributed by atoms with Gasteiger partial charge in [0.15, 0.2) is 0 Å². The average molecular weight is 351 g/mol. The zero-order chi connectivity index (χ0) is 17.9. The zero-order valence-electron chi connectivity index (χ0n) is 14.6. The summed E-state index contributed by atoms with van der Waals surface area (Å²) in [4.78, 5) is 13.9. The topological polar surface area (TPSA) is 71.3 Å². The van der Waals surface area contributed by atoms with Gasteiger partial charge in [-0.25, -0.2) is 0 Å². The molecular weight excluding hydrogens is 328 g/mol. The highest BCUT2D eigenvalue weighted by atomic mass is 35.5. The molecule has 0 spiro atoms. The molecule has 0 aliphatic heterocycles. The van der Waals surface area contributed by atoms with Crippen LogP contribution in [0.3, 0.4) is 0 Å². The monoisotopic (exact) mass is 350 g/mol. The molecule has 0 unspecified atom stereocenters. The first-order chi connectivity index (χ1) is 11.2. The van der Waals surface area contributed by atoms with Gasteiger partial charge in [0, 0.05) is 16.1 Å². The molecule has 0 radical (unpaired) electrons. The third-order valence-corrected chi connectivity index (χ3v) is 3.67. The van der Waals surface area contributed by atoms with Gasteiger partial charge in [-0.3, -0.25) is 9.69 Å². The molecule has 24 heavy (non-hydrogen) atoms. The number of nitrogens with one attached hydrogen (secondary N) is 1. The quantitative estimate of drug-likeness (QED) is 0.895. The van der Waals surface area contributed by atoms with Gasteiger partial charge in [0.2, 0.25) is 17.7 Å². The Morgan fingerprint density at radius 2 is 2.08 bits per heavy atom. The summed E-state index contributed by atoms with van der Waals surface area (Å²) < 4.78 is 5.74. The Bertz CT molecular complexity index is 709. The van der Waals surface area contributed by atoms with Crippen molar-refractivity contribution in [1.82, 2.24) is 20.4 Å². The number of rotatable bonds is 5. The fourth-order valence-electron chi connectivity index (χ4n) is 2.15. The van der Waals surface area contributed by atoms with E-state index in [1.54, 1.807) is 12.1 Å². The van der Waals surface area contributed by atoms with Crippen molar-refractivity contribution in [2.24, 2.45) is 0 Å². The molecule has 0 bridgehead atoms. The molecule has 2 aromatic rings. The molecule has 0 aliphatic carbocycles. The molecule has 1 amide bonds. The molecule has 1 heterocycles. The Morgan fingerprint density at radius 3 is 2.71 bits per heavy atom. The maximum Gasteiger partial charge on any atom is 0.247 e. The van der Waals surface area contributed by atoms with Crippen LogP contribution in [0.2, 0.25) is 5.02 Å². The number of carbonyl (C=O) groups is 1. The van der Waals surface area contributed by atoms with Crippen molar-refractivity contribution in [3.63, 3.8) is 0 Å². The second-order valence-electron chi connectivity index (χ2n) is 6.85. The van der Waals surface area contributed by atoms with E-state index in [0.29, 0.717) is 16.8 Å². The normalized spacial score (nSPS) is 13.1. The van der Waals surface area contributed by atoms with E-state index in [1.165, 1.54) is 0 Å². The summed E-state index contributed by atoms with van der Waals surface area (Å²) in [5.41, 5.74) is 0.507. The van der Waals surface area contributed by atoms with Gasteiger partial charge in [0.1, 0.15) is 0 Å². The maximum absolute atomic E-state index is 12.0. The second-order valence-corrected chi connectivity index (χ2v) is 7.28. The van der Waals surface area contributed by atoms with Crippen molar-refractivity contribution >= 4 is 17.5 Å². The van der Waals surface area contributed by atoms with E-state index in [0.717, 1.165) is 5.56 Å².